The molecule has 0 heterocycles. The second-order valence-corrected chi connectivity index (χ2v) is 16.9. The van der Waals surface area contributed by atoms with Crippen molar-refractivity contribution in [1.29, 1.82) is 0 Å². The number of aliphatic hydroxyl groups is 1. The van der Waals surface area contributed by atoms with Gasteiger partial charge >= 0.3 is 11.9 Å². The van der Waals surface area contributed by atoms with Gasteiger partial charge in [0.05, 0.1) is 6.61 Å². The number of carbonyl (C=O) groups excluding carboxylic acids is 2. The molecule has 5 heteroatoms. The zero-order valence-electron chi connectivity index (χ0n) is 39.9. The summed E-state index contributed by atoms with van der Waals surface area (Å²) in [4.78, 5) is 24.4. The number of unbranched alkanes of at least 4 members (excludes halogenated alkanes) is 24. The maximum Gasteiger partial charge on any atom is 0.306 e. The van der Waals surface area contributed by atoms with Gasteiger partial charge in [-0.25, -0.2) is 0 Å². The summed E-state index contributed by atoms with van der Waals surface area (Å²) in [5.41, 5.74) is 0. The molecule has 0 aliphatic carbocycles. The Labute approximate surface area is 377 Å². The van der Waals surface area contributed by atoms with E-state index < -0.39 is 6.10 Å². The Hall–Kier alpha value is -2.92. The molecular weight excluding hydrogens is 753 g/mol. The second kappa shape index (κ2) is 51.4. The molecule has 1 atom stereocenters. The summed E-state index contributed by atoms with van der Waals surface area (Å²) < 4.78 is 10.7. The summed E-state index contributed by atoms with van der Waals surface area (Å²) in [5.74, 6) is -0.601. The van der Waals surface area contributed by atoms with Crippen LogP contribution in [0.5, 0.6) is 0 Å². The minimum Gasteiger partial charge on any atom is -0.462 e. The predicted octanol–water partition coefficient (Wildman–Crippen LogP) is 17.0. The molecule has 0 saturated carbocycles. The zero-order valence-corrected chi connectivity index (χ0v) is 39.9. The van der Waals surface area contributed by atoms with E-state index in [1.165, 1.54) is 128 Å². The molecule has 0 radical (unpaired) electrons. The van der Waals surface area contributed by atoms with Gasteiger partial charge in [-0.05, 0) is 89.9 Å². The Morgan fingerprint density at radius 1 is 0.393 bits per heavy atom. The van der Waals surface area contributed by atoms with E-state index in [-0.39, 0.29) is 25.2 Å². The lowest BCUT2D eigenvalue weighted by Gasteiger charge is -2.15. The van der Waals surface area contributed by atoms with Crippen molar-refractivity contribution in [1.82, 2.24) is 0 Å². The summed E-state index contributed by atoms with van der Waals surface area (Å²) in [5, 5.41) is 9.62. The molecule has 0 fully saturated rings. The van der Waals surface area contributed by atoms with Gasteiger partial charge in [0.1, 0.15) is 6.61 Å². The molecule has 0 amide bonds. The third-order valence-corrected chi connectivity index (χ3v) is 10.9. The standard InChI is InChI=1S/C56H96O5/c1-3-5-7-9-11-13-15-17-19-21-22-23-24-25-26-27-28-29-30-31-32-33-34-35-37-39-41-43-45-47-49-51-56(59)61-54(52-57)53-60-55(58)50-48-46-44-42-40-38-36-20-18-16-14-12-10-8-6-4-2/h5,7,11,13,17,19-20,22-23,25-26,28-29,36,54,57H,3-4,6,8-10,12,14-16,18,21,24,27,30-35,37-53H2,1-2H3/b7-5-,13-11-,19-17-,23-22-,26-25-,29-28-,36-20-. The normalized spacial score (nSPS) is 12.9. The van der Waals surface area contributed by atoms with Crippen LogP contribution in [0.4, 0.5) is 0 Å². The Morgan fingerprint density at radius 2 is 0.705 bits per heavy atom. The molecule has 1 unspecified atom stereocenters. The third kappa shape index (κ3) is 49.6. The van der Waals surface area contributed by atoms with E-state index in [2.05, 4.69) is 98.9 Å². The summed E-state index contributed by atoms with van der Waals surface area (Å²) >= 11 is 0. The van der Waals surface area contributed by atoms with Crippen molar-refractivity contribution in [3.05, 3.63) is 85.1 Å². The smallest absolute Gasteiger partial charge is 0.306 e. The number of allylic oxidation sites excluding steroid dienone is 14. The van der Waals surface area contributed by atoms with Crippen LogP contribution in [0.25, 0.3) is 0 Å². The monoisotopic (exact) mass is 849 g/mol. The van der Waals surface area contributed by atoms with Crippen molar-refractivity contribution >= 4 is 11.9 Å². The van der Waals surface area contributed by atoms with Crippen molar-refractivity contribution in [3.63, 3.8) is 0 Å². The van der Waals surface area contributed by atoms with Crippen molar-refractivity contribution in [2.45, 2.75) is 245 Å². The van der Waals surface area contributed by atoms with Gasteiger partial charge in [0, 0.05) is 12.8 Å². The van der Waals surface area contributed by atoms with Crippen molar-refractivity contribution in [2.24, 2.45) is 0 Å². The Morgan fingerprint density at radius 3 is 1.08 bits per heavy atom. The first-order valence-corrected chi connectivity index (χ1v) is 25.6. The molecule has 0 aromatic carbocycles. The van der Waals surface area contributed by atoms with Gasteiger partial charge in [0.25, 0.3) is 0 Å². The van der Waals surface area contributed by atoms with E-state index in [0.29, 0.717) is 12.8 Å². The number of aliphatic hydroxyl groups excluding tert-OH is 1. The van der Waals surface area contributed by atoms with Crippen molar-refractivity contribution < 1.29 is 24.2 Å². The number of hydrogen-bond acceptors (Lipinski definition) is 5. The molecule has 1 N–H and O–H groups in total. The van der Waals surface area contributed by atoms with E-state index in [4.69, 9.17) is 9.47 Å². The van der Waals surface area contributed by atoms with E-state index in [0.717, 1.165) is 83.5 Å². The quantitative estimate of drug-likeness (QED) is 0.0375. The average Bonchev–Trinajstić information content (AvgIpc) is 3.26. The van der Waals surface area contributed by atoms with Crippen LogP contribution in [0.3, 0.4) is 0 Å². The van der Waals surface area contributed by atoms with Crippen LogP contribution < -0.4 is 0 Å². The first-order chi connectivity index (χ1) is 30.1. The van der Waals surface area contributed by atoms with Gasteiger partial charge in [-0.2, -0.15) is 0 Å². The minimum atomic E-state index is -0.780. The fourth-order valence-electron chi connectivity index (χ4n) is 7.08. The van der Waals surface area contributed by atoms with Crippen LogP contribution in [0, 0.1) is 0 Å². The highest BCUT2D eigenvalue weighted by molar-refractivity contribution is 5.70. The second-order valence-electron chi connectivity index (χ2n) is 16.9. The average molecular weight is 849 g/mol. The molecule has 5 nitrogen and oxygen atoms in total. The maximum atomic E-state index is 12.3. The Bertz CT molecular complexity index is 1140. The fraction of sp³-hybridized carbons (Fsp3) is 0.714. The molecule has 0 spiro atoms. The minimum absolute atomic E-state index is 0.0728. The number of esters is 2. The summed E-state index contributed by atoms with van der Waals surface area (Å²) in [6, 6.07) is 0. The first-order valence-electron chi connectivity index (χ1n) is 25.6. The zero-order chi connectivity index (χ0) is 44.2. The lowest BCUT2D eigenvalue weighted by atomic mass is 10.0. The van der Waals surface area contributed by atoms with Crippen LogP contribution in [0.2, 0.25) is 0 Å². The molecule has 61 heavy (non-hydrogen) atoms. The fourth-order valence-corrected chi connectivity index (χ4v) is 7.08. The molecule has 0 bridgehead atoms. The van der Waals surface area contributed by atoms with Crippen LogP contribution >= 0.6 is 0 Å². The van der Waals surface area contributed by atoms with Crippen LogP contribution in [-0.2, 0) is 19.1 Å². The topological polar surface area (TPSA) is 72.8 Å². The maximum absolute atomic E-state index is 12.3. The van der Waals surface area contributed by atoms with Crippen molar-refractivity contribution in [3.8, 4) is 0 Å². The predicted molar refractivity (Wildman–Crippen MR) is 265 cm³/mol. The van der Waals surface area contributed by atoms with Gasteiger partial charge in [-0.15, -0.1) is 0 Å². The van der Waals surface area contributed by atoms with E-state index in [1.54, 1.807) is 0 Å². The molecular formula is C56H96O5. The number of ether oxygens (including phenoxy) is 2. The molecule has 350 valence electrons. The lowest BCUT2D eigenvalue weighted by Crippen LogP contribution is -2.28. The molecule has 0 aliphatic heterocycles. The van der Waals surface area contributed by atoms with Gasteiger partial charge < -0.3 is 14.6 Å². The van der Waals surface area contributed by atoms with Crippen LogP contribution in [0.1, 0.15) is 239 Å². The van der Waals surface area contributed by atoms with Gasteiger partial charge in [-0.1, -0.05) is 221 Å². The summed E-state index contributed by atoms with van der Waals surface area (Å²) in [6.45, 7) is 4.02. The number of hydrogen-bond donors (Lipinski definition) is 1. The van der Waals surface area contributed by atoms with Gasteiger partial charge in [0.2, 0.25) is 0 Å². The molecule has 0 saturated heterocycles. The van der Waals surface area contributed by atoms with E-state index in [9.17, 15) is 14.7 Å². The van der Waals surface area contributed by atoms with E-state index >= 15 is 0 Å². The Kier molecular flexibility index (Phi) is 49.0. The van der Waals surface area contributed by atoms with Crippen LogP contribution in [0.15, 0.2) is 85.1 Å². The SMILES string of the molecule is CC/C=C\C/C=C\C/C=C\C/C=C\C/C=C\C/C=C\CCCCCCCCCCCCCCC(=O)OC(CO)COC(=O)CCCCCCC/C=C\CCCCCCCCC. The number of carbonyl (C=O) groups is 2. The number of rotatable bonds is 46. The lowest BCUT2D eigenvalue weighted by molar-refractivity contribution is -0.161. The third-order valence-electron chi connectivity index (χ3n) is 10.9. The first kappa shape index (κ1) is 58.1. The molecule has 0 rings (SSSR count). The Balaban J connectivity index is 3.53. The highest BCUT2D eigenvalue weighted by Crippen LogP contribution is 2.15. The highest BCUT2D eigenvalue weighted by Gasteiger charge is 2.16. The van der Waals surface area contributed by atoms with Gasteiger partial charge in [-0.3, -0.25) is 9.59 Å². The van der Waals surface area contributed by atoms with Crippen LogP contribution in [-0.4, -0.2) is 36.4 Å². The molecule has 0 aliphatic rings. The highest BCUT2D eigenvalue weighted by atomic mass is 16.6. The molecule has 0 aromatic heterocycles. The van der Waals surface area contributed by atoms with Gasteiger partial charge in [0.15, 0.2) is 6.10 Å². The summed E-state index contributed by atoms with van der Waals surface area (Å²) in [7, 11) is 0. The molecule has 0 aromatic rings. The largest absolute Gasteiger partial charge is 0.462 e. The van der Waals surface area contributed by atoms with Crippen molar-refractivity contribution in [2.75, 3.05) is 13.2 Å². The summed E-state index contributed by atoms with van der Waals surface area (Å²) in [6.07, 6.45) is 71.0. The van der Waals surface area contributed by atoms with E-state index in [1.807, 2.05) is 0 Å².